The molecular weight excluding hydrogens is 318 g/mol. The minimum absolute atomic E-state index is 0.767. The van der Waals surface area contributed by atoms with E-state index >= 15 is 0 Å². The van der Waals surface area contributed by atoms with Crippen LogP contribution in [0.15, 0.2) is 59.0 Å². The van der Waals surface area contributed by atoms with Crippen molar-refractivity contribution in [2.24, 2.45) is 5.10 Å². The number of hydrogen-bond acceptors (Lipinski definition) is 5. The van der Waals surface area contributed by atoms with Crippen LogP contribution >= 0.6 is 11.3 Å². The Balaban J connectivity index is 1.66. The quantitative estimate of drug-likeness (QED) is 0.518. The smallest absolute Gasteiger partial charge is 0.203 e. The molecule has 1 aromatic heterocycles. The lowest BCUT2D eigenvalue weighted by Gasteiger charge is -2.00. The van der Waals surface area contributed by atoms with Gasteiger partial charge in [0.25, 0.3) is 0 Å². The molecule has 1 N–H and O–H groups in total. The highest BCUT2D eigenvalue weighted by Gasteiger charge is 2.03. The molecule has 0 aliphatic heterocycles. The number of benzene rings is 2. The second-order valence-electron chi connectivity index (χ2n) is 5.23. The number of rotatable bonds is 6. The van der Waals surface area contributed by atoms with Crippen LogP contribution in [0, 0.1) is 0 Å². The van der Waals surface area contributed by atoms with E-state index in [1.807, 2.05) is 29.6 Å². The number of anilines is 1. The Morgan fingerprint density at radius 2 is 2.04 bits per heavy atom. The SMILES string of the molecule is CCc1ccc(-c2csc(N/N=C\c3cccc(OC)c3)n2)cc1. The van der Waals surface area contributed by atoms with E-state index in [1.54, 1.807) is 13.3 Å². The summed E-state index contributed by atoms with van der Waals surface area (Å²) in [6, 6.07) is 16.2. The summed E-state index contributed by atoms with van der Waals surface area (Å²) >= 11 is 1.54. The molecule has 0 saturated carbocycles. The number of hydrazone groups is 1. The number of nitrogens with one attached hydrogen (secondary N) is 1. The molecular formula is C19H19N3OS. The Kier molecular flexibility index (Phi) is 5.23. The zero-order chi connectivity index (χ0) is 16.8. The molecule has 0 unspecified atom stereocenters. The van der Waals surface area contributed by atoms with Crippen molar-refractivity contribution in [2.45, 2.75) is 13.3 Å². The van der Waals surface area contributed by atoms with Crippen LogP contribution in [0.25, 0.3) is 11.3 Å². The number of thiazole rings is 1. The molecule has 0 amide bonds. The van der Waals surface area contributed by atoms with Gasteiger partial charge in [-0.15, -0.1) is 11.3 Å². The van der Waals surface area contributed by atoms with Crippen molar-refractivity contribution >= 4 is 22.7 Å². The highest BCUT2D eigenvalue weighted by molar-refractivity contribution is 7.14. The molecule has 4 nitrogen and oxygen atoms in total. The molecule has 0 fully saturated rings. The summed E-state index contributed by atoms with van der Waals surface area (Å²) in [4.78, 5) is 4.57. The van der Waals surface area contributed by atoms with Crippen LogP contribution in [-0.2, 0) is 6.42 Å². The topological polar surface area (TPSA) is 46.5 Å². The highest BCUT2D eigenvalue weighted by atomic mass is 32.1. The first-order valence-corrected chi connectivity index (χ1v) is 8.64. The van der Waals surface area contributed by atoms with E-state index < -0.39 is 0 Å². The Hall–Kier alpha value is -2.66. The molecule has 0 atom stereocenters. The molecule has 3 rings (SSSR count). The fourth-order valence-electron chi connectivity index (χ4n) is 2.25. The van der Waals surface area contributed by atoms with Crippen LogP contribution in [0.1, 0.15) is 18.1 Å². The van der Waals surface area contributed by atoms with E-state index in [0.717, 1.165) is 34.1 Å². The van der Waals surface area contributed by atoms with E-state index in [0.29, 0.717) is 0 Å². The third kappa shape index (κ3) is 4.00. The van der Waals surface area contributed by atoms with Crippen molar-refractivity contribution in [3.63, 3.8) is 0 Å². The van der Waals surface area contributed by atoms with Gasteiger partial charge in [-0.1, -0.05) is 43.3 Å². The fraction of sp³-hybridized carbons (Fsp3) is 0.158. The molecule has 0 saturated heterocycles. The summed E-state index contributed by atoms with van der Waals surface area (Å²) in [5, 5.41) is 7.04. The van der Waals surface area contributed by atoms with Gasteiger partial charge >= 0.3 is 0 Å². The number of aromatic nitrogens is 1. The van der Waals surface area contributed by atoms with Gasteiger partial charge in [0.2, 0.25) is 5.13 Å². The molecule has 5 heteroatoms. The molecule has 0 aliphatic carbocycles. The van der Waals surface area contributed by atoms with Crippen molar-refractivity contribution in [2.75, 3.05) is 12.5 Å². The maximum Gasteiger partial charge on any atom is 0.203 e. The van der Waals surface area contributed by atoms with Crippen LogP contribution in [0.5, 0.6) is 5.75 Å². The Morgan fingerprint density at radius 1 is 1.21 bits per heavy atom. The Labute approximate surface area is 145 Å². The lowest BCUT2D eigenvalue weighted by Crippen LogP contribution is -1.91. The predicted molar refractivity (Wildman–Crippen MR) is 101 cm³/mol. The molecule has 0 bridgehead atoms. The summed E-state index contributed by atoms with van der Waals surface area (Å²) < 4.78 is 5.20. The lowest BCUT2D eigenvalue weighted by atomic mass is 10.1. The molecule has 122 valence electrons. The highest BCUT2D eigenvalue weighted by Crippen LogP contribution is 2.25. The summed E-state index contributed by atoms with van der Waals surface area (Å²) in [5.41, 5.74) is 7.35. The Bertz CT molecular complexity index is 825. The molecule has 3 aromatic rings. The van der Waals surface area contributed by atoms with Crippen LogP contribution in [0.2, 0.25) is 0 Å². The average molecular weight is 337 g/mol. The van der Waals surface area contributed by atoms with Crippen molar-refractivity contribution in [3.8, 4) is 17.0 Å². The van der Waals surface area contributed by atoms with E-state index in [9.17, 15) is 0 Å². The van der Waals surface area contributed by atoms with Crippen molar-refractivity contribution in [3.05, 3.63) is 65.0 Å². The minimum atomic E-state index is 0.767. The number of methoxy groups -OCH3 is 1. The zero-order valence-electron chi connectivity index (χ0n) is 13.7. The molecule has 0 aliphatic rings. The van der Waals surface area contributed by atoms with Crippen molar-refractivity contribution in [1.29, 1.82) is 0 Å². The maximum absolute atomic E-state index is 5.20. The first-order chi connectivity index (χ1) is 11.8. The maximum atomic E-state index is 5.20. The summed E-state index contributed by atoms with van der Waals surface area (Å²) in [6.07, 6.45) is 2.79. The lowest BCUT2D eigenvalue weighted by molar-refractivity contribution is 0.415. The van der Waals surface area contributed by atoms with Crippen LogP contribution in [0.4, 0.5) is 5.13 Å². The molecule has 2 aromatic carbocycles. The van der Waals surface area contributed by atoms with Gasteiger partial charge in [0, 0.05) is 10.9 Å². The van der Waals surface area contributed by atoms with Gasteiger partial charge in [0.1, 0.15) is 5.75 Å². The predicted octanol–water partition coefficient (Wildman–Crippen LogP) is 4.83. The van der Waals surface area contributed by atoms with Gasteiger partial charge in [-0.25, -0.2) is 4.98 Å². The van der Waals surface area contributed by atoms with Crippen molar-refractivity contribution in [1.82, 2.24) is 4.98 Å². The molecule has 0 spiro atoms. The Morgan fingerprint density at radius 3 is 2.79 bits per heavy atom. The second kappa shape index (κ2) is 7.75. The largest absolute Gasteiger partial charge is 0.497 e. The van der Waals surface area contributed by atoms with Gasteiger partial charge in [-0.05, 0) is 29.7 Å². The zero-order valence-corrected chi connectivity index (χ0v) is 14.5. The van der Waals surface area contributed by atoms with Crippen molar-refractivity contribution < 1.29 is 4.74 Å². The van der Waals surface area contributed by atoms with Crippen LogP contribution in [-0.4, -0.2) is 18.3 Å². The molecule has 0 radical (unpaired) electrons. The van der Waals surface area contributed by atoms with Crippen LogP contribution < -0.4 is 10.2 Å². The normalized spacial score (nSPS) is 10.9. The van der Waals surface area contributed by atoms with E-state index in [4.69, 9.17) is 4.74 Å². The summed E-state index contributed by atoms with van der Waals surface area (Å²) in [5.74, 6) is 0.811. The second-order valence-corrected chi connectivity index (χ2v) is 6.09. The van der Waals surface area contributed by atoms with E-state index in [2.05, 4.69) is 46.7 Å². The van der Waals surface area contributed by atoms with Gasteiger partial charge in [-0.2, -0.15) is 5.10 Å². The number of aryl methyl sites for hydroxylation is 1. The number of hydrogen-bond donors (Lipinski definition) is 1. The standard InChI is InChI=1S/C19H19N3OS/c1-3-14-7-9-16(10-8-14)18-13-24-19(21-18)22-20-12-15-5-4-6-17(11-15)23-2/h4-13H,3H2,1-2H3,(H,21,22)/b20-12-. The average Bonchev–Trinajstić information content (AvgIpc) is 3.11. The van der Waals surface area contributed by atoms with Gasteiger partial charge in [0.05, 0.1) is 19.0 Å². The third-order valence-electron chi connectivity index (χ3n) is 3.63. The number of ether oxygens (including phenoxy) is 1. The van der Waals surface area contributed by atoms with Gasteiger partial charge < -0.3 is 4.74 Å². The monoisotopic (exact) mass is 337 g/mol. The minimum Gasteiger partial charge on any atom is -0.497 e. The fourth-order valence-corrected chi connectivity index (χ4v) is 2.92. The molecule has 1 heterocycles. The van der Waals surface area contributed by atoms with Crippen LogP contribution in [0.3, 0.4) is 0 Å². The third-order valence-corrected chi connectivity index (χ3v) is 4.38. The van der Waals surface area contributed by atoms with Gasteiger partial charge in [-0.3, -0.25) is 5.43 Å². The van der Waals surface area contributed by atoms with E-state index in [-0.39, 0.29) is 0 Å². The number of nitrogens with zero attached hydrogens (tertiary/aromatic N) is 2. The van der Waals surface area contributed by atoms with E-state index in [1.165, 1.54) is 16.9 Å². The molecule has 24 heavy (non-hydrogen) atoms. The first kappa shape index (κ1) is 16.2. The first-order valence-electron chi connectivity index (χ1n) is 7.76. The van der Waals surface area contributed by atoms with Gasteiger partial charge in [0.15, 0.2) is 0 Å². The summed E-state index contributed by atoms with van der Waals surface area (Å²) in [6.45, 7) is 2.15. The summed E-state index contributed by atoms with van der Waals surface area (Å²) in [7, 11) is 1.65.